The van der Waals surface area contributed by atoms with Crippen LogP contribution >= 0.6 is 0 Å². The maximum atomic E-state index is 12.1. The largest absolute Gasteiger partial charge is 0.496 e. The SMILES string of the molecule is CCOc1ccc(Cc2cc([C@@H]3O[C@H](CO)C(=O)[C@H](O)[C@@H]3O)c(OCC)cc2OC)cc1. The zero-order valence-corrected chi connectivity index (χ0v) is 18.5. The molecule has 174 valence electrons. The Labute approximate surface area is 187 Å². The summed E-state index contributed by atoms with van der Waals surface area (Å²) in [5.41, 5.74) is 2.28. The minimum Gasteiger partial charge on any atom is -0.496 e. The van der Waals surface area contributed by atoms with Crippen molar-refractivity contribution in [1.82, 2.24) is 0 Å². The fourth-order valence-electron chi connectivity index (χ4n) is 3.79. The Kier molecular flexibility index (Phi) is 8.09. The van der Waals surface area contributed by atoms with Crippen LogP contribution in [0.3, 0.4) is 0 Å². The first-order chi connectivity index (χ1) is 15.4. The van der Waals surface area contributed by atoms with E-state index < -0.39 is 36.8 Å². The number of carbonyl (C=O) groups excluding carboxylic acids is 1. The Morgan fingerprint density at radius 3 is 2.28 bits per heavy atom. The Bertz CT molecular complexity index is 907. The van der Waals surface area contributed by atoms with E-state index in [1.54, 1.807) is 19.2 Å². The van der Waals surface area contributed by atoms with Gasteiger partial charge in [-0.05, 0) is 43.2 Å². The Morgan fingerprint density at radius 2 is 1.69 bits per heavy atom. The molecule has 2 aromatic rings. The summed E-state index contributed by atoms with van der Waals surface area (Å²) < 4.78 is 22.5. The van der Waals surface area contributed by atoms with Gasteiger partial charge in [0.25, 0.3) is 0 Å². The summed E-state index contributed by atoms with van der Waals surface area (Å²) >= 11 is 0. The number of methoxy groups -OCH3 is 1. The lowest BCUT2D eigenvalue weighted by molar-refractivity contribution is -0.188. The second kappa shape index (κ2) is 10.8. The van der Waals surface area contributed by atoms with Crippen molar-refractivity contribution in [1.29, 1.82) is 0 Å². The van der Waals surface area contributed by atoms with Gasteiger partial charge in [-0.25, -0.2) is 0 Å². The van der Waals surface area contributed by atoms with E-state index in [1.165, 1.54) is 0 Å². The van der Waals surface area contributed by atoms with E-state index in [4.69, 9.17) is 18.9 Å². The number of hydrogen-bond acceptors (Lipinski definition) is 8. The van der Waals surface area contributed by atoms with Crippen LogP contribution in [0.5, 0.6) is 17.2 Å². The van der Waals surface area contributed by atoms with Crippen molar-refractivity contribution in [3.05, 3.63) is 53.1 Å². The van der Waals surface area contributed by atoms with Gasteiger partial charge in [0.1, 0.15) is 41.7 Å². The molecule has 2 aromatic carbocycles. The Hall–Kier alpha value is -2.65. The number of Topliss-reactive ketones (excluding diaryl/α,β-unsaturated/α-hetero) is 1. The quantitative estimate of drug-likeness (QED) is 0.534. The van der Waals surface area contributed by atoms with Gasteiger partial charge < -0.3 is 34.3 Å². The lowest BCUT2D eigenvalue weighted by Gasteiger charge is -2.36. The second-order valence-corrected chi connectivity index (χ2v) is 7.45. The standard InChI is InChI=1S/C24H30O8/c1-4-30-16-8-6-14(7-9-16)10-15-11-17(19(31-5-2)12-18(15)29-3)24-23(28)22(27)21(26)20(13-25)32-24/h6-9,11-12,20,22-25,27-28H,4-5,10,13H2,1-3H3/t20-,22+,23+,24+/m1/s1. The molecule has 8 nitrogen and oxygen atoms in total. The van der Waals surface area contributed by atoms with Gasteiger partial charge in [0.2, 0.25) is 0 Å². The van der Waals surface area contributed by atoms with E-state index in [1.807, 2.05) is 38.1 Å². The van der Waals surface area contributed by atoms with Gasteiger partial charge >= 0.3 is 0 Å². The molecule has 8 heteroatoms. The number of aliphatic hydroxyl groups is 3. The molecule has 32 heavy (non-hydrogen) atoms. The molecule has 1 aliphatic rings. The van der Waals surface area contributed by atoms with Crippen LogP contribution < -0.4 is 14.2 Å². The van der Waals surface area contributed by atoms with E-state index in [0.29, 0.717) is 36.7 Å². The summed E-state index contributed by atoms with van der Waals surface area (Å²) in [5, 5.41) is 30.3. The number of aliphatic hydroxyl groups excluding tert-OH is 3. The molecule has 0 aliphatic carbocycles. The monoisotopic (exact) mass is 446 g/mol. The summed E-state index contributed by atoms with van der Waals surface area (Å²) in [6.07, 6.45) is -4.95. The van der Waals surface area contributed by atoms with Crippen LogP contribution in [0.25, 0.3) is 0 Å². The molecule has 0 unspecified atom stereocenters. The van der Waals surface area contributed by atoms with E-state index >= 15 is 0 Å². The Morgan fingerprint density at radius 1 is 1.00 bits per heavy atom. The molecule has 1 fully saturated rings. The van der Waals surface area contributed by atoms with Gasteiger partial charge in [0, 0.05) is 18.1 Å². The van der Waals surface area contributed by atoms with Gasteiger partial charge in [0.05, 0.1) is 26.9 Å². The lowest BCUT2D eigenvalue weighted by Crippen LogP contribution is -2.52. The molecule has 4 atom stereocenters. The molecule has 1 heterocycles. The average Bonchev–Trinajstić information content (AvgIpc) is 2.80. The fraction of sp³-hybridized carbons (Fsp3) is 0.458. The minimum atomic E-state index is -1.67. The minimum absolute atomic E-state index is 0.349. The number of hydrogen-bond donors (Lipinski definition) is 3. The first-order valence-electron chi connectivity index (χ1n) is 10.6. The smallest absolute Gasteiger partial charge is 0.195 e. The second-order valence-electron chi connectivity index (χ2n) is 7.45. The third-order valence-electron chi connectivity index (χ3n) is 5.37. The highest BCUT2D eigenvalue weighted by Crippen LogP contribution is 2.40. The molecule has 3 rings (SSSR count). The van der Waals surface area contributed by atoms with Crippen LogP contribution in [0.15, 0.2) is 36.4 Å². The van der Waals surface area contributed by atoms with Crippen molar-refractivity contribution in [3.63, 3.8) is 0 Å². The van der Waals surface area contributed by atoms with E-state index in [0.717, 1.165) is 16.9 Å². The zero-order valence-electron chi connectivity index (χ0n) is 18.5. The number of benzene rings is 2. The summed E-state index contributed by atoms with van der Waals surface area (Å²) in [6, 6.07) is 11.2. The van der Waals surface area contributed by atoms with Crippen LogP contribution in [0.2, 0.25) is 0 Å². The van der Waals surface area contributed by atoms with Crippen LogP contribution in [0, 0.1) is 0 Å². The molecular weight excluding hydrogens is 416 g/mol. The van der Waals surface area contributed by atoms with Crippen LogP contribution in [-0.2, 0) is 16.0 Å². The molecule has 3 N–H and O–H groups in total. The summed E-state index contributed by atoms with van der Waals surface area (Å²) in [7, 11) is 1.56. The first kappa shape index (κ1) is 24.0. The van der Waals surface area contributed by atoms with Crippen LogP contribution in [0.1, 0.15) is 36.6 Å². The normalized spacial score (nSPS) is 23.1. The fourth-order valence-corrected chi connectivity index (χ4v) is 3.79. The molecule has 0 radical (unpaired) electrons. The molecule has 0 aromatic heterocycles. The highest BCUT2D eigenvalue weighted by Gasteiger charge is 2.44. The zero-order chi connectivity index (χ0) is 23.3. The van der Waals surface area contributed by atoms with Crippen molar-refractivity contribution < 1.29 is 39.1 Å². The van der Waals surface area contributed by atoms with Crippen molar-refractivity contribution in [2.45, 2.75) is 44.7 Å². The maximum absolute atomic E-state index is 12.1. The van der Waals surface area contributed by atoms with Gasteiger partial charge in [-0.3, -0.25) is 4.79 Å². The summed E-state index contributed by atoms with van der Waals surface area (Å²) in [6.45, 7) is 4.08. The summed E-state index contributed by atoms with van der Waals surface area (Å²) in [5.74, 6) is 1.02. The number of ether oxygens (including phenoxy) is 4. The van der Waals surface area contributed by atoms with Crippen LogP contribution in [-0.4, -0.2) is 66.3 Å². The highest BCUT2D eigenvalue weighted by molar-refractivity contribution is 5.88. The van der Waals surface area contributed by atoms with E-state index in [2.05, 4.69) is 0 Å². The predicted molar refractivity (Wildman–Crippen MR) is 116 cm³/mol. The predicted octanol–water partition coefficient (Wildman–Crippen LogP) is 1.81. The molecular formula is C24H30O8. The van der Waals surface area contributed by atoms with Gasteiger partial charge in [0.15, 0.2) is 5.78 Å². The van der Waals surface area contributed by atoms with Gasteiger partial charge in [-0.1, -0.05) is 12.1 Å². The lowest BCUT2D eigenvalue weighted by atomic mass is 9.90. The van der Waals surface area contributed by atoms with Gasteiger partial charge in [-0.15, -0.1) is 0 Å². The molecule has 1 aliphatic heterocycles. The van der Waals surface area contributed by atoms with Crippen molar-refractivity contribution in [2.75, 3.05) is 26.9 Å². The highest BCUT2D eigenvalue weighted by atomic mass is 16.5. The maximum Gasteiger partial charge on any atom is 0.195 e. The molecule has 0 saturated carbocycles. The first-order valence-corrected chi connectivity index (χ1v) is 10.6. The number of rotatable bonds is 9. The topological polar surface area (TPSA) is 115 Å². The van der Waals surface area contributed by atoms with Gasteiger partial charge in [-0.2, -0.15) is 0 Å². The number of ketones is 1. The summed E-state index contributed by atoms with van der Waals surface area (Å²) in [4.78, 5) is 12.1. The van der Waals surface area contributed by atoms with E-state index in [-0.39, 0.29) is 0 Å². The molecule has 0 bridgehead atoms. The van der Waals surface area contributed by atoms with E-state index in [9.17, 15) is 20.1 Å². The van der Waals surface area contributed by atoms with Crippen molar-refractivity contribution in [2.24, 2.45) is 0 Å². The van der Waals surface area contributed by atoms with Crippen molar-refractivity contribution >= 4 is 5.78 Å². The third kappa shape index (κ3) is 5.05. The molecule has 0 spiro atoms. The van der Waals surface area contributed by atoms with Crippen LogP contribution in [0.4, 0.5) is 0 Å². The average molecular weight is 446 g/mol. The molecule has 1 saturated heterocycles. The number of carbonyl (C=O) groups is 1. The Balaban J connectivity index is 2.00. The third-order valence-corrected chi connectivity index (χ3v) is 5.37. The van der Waals surface area contributed by atoms with Crippen molar-refractivity contribution in [3.8, 4) is 17.2 Å². The molecule has 0 amide bonds.